The van der Waals surface area contributed by atoms with Crippen molar-refractivity contribution in [2.75, 3.05) is 5.73 Å². The summed E-state index contributed by atoms with van der Waals surface area (Å²) in [7, 11) is 0. The molecule has 6 rings (SSSR count). The van der Waals surface area contributed by atoms with Crippen molar-refractivity contribution in [2.45, 2.75) is 44.1 Å². The third kappa shape index (κ3) is 2.09. The number of halogens is 1. The van der Waals surface area contributed by atoms with Gasteiger partial charge in [0.2, 0.25) is 5.82 Å². The summed E-state index contributed by atoms with van der Waals surface area (Å²) in [5.74, 6) is 3.23. The molecule has 2 N–H and O–H groups in total. The van der Waals surface area contributed by atoms with Gasteiger partial charge in [-0.2, -0.15) is 4.80 Å². The molecule has 1 aromatic heterocycles. The first kappa shape index (κ1) is 13.8. The summed E-state index contributed by atoms with van der Waals surface area (Å²) in [6.07, 6.45) is 7.89. The van der Waals surface area contributed by atoms with E-state index in [1.807, 2.05) is 16.9 Å². The molecule has 4 aliphatic rings. The van der Waals surface area contributed by atoms with Crippen molar-refractivity contribution in [2.24, 2.45) is 17.8 Å². The second-order valence-electron chi connectivity index (χ2n) is 7.78. The Morgan fingerprint density at radius 1 is 1.09 bits per heavy atom. The van der Waals surface area contributed by atoms with Crippen LogP contribution in [0.25, 0.3) is 11.4 Å². The fraction of sp³-hybridized carbons (Fsp3) is 0.588. The molecule has 0 aliphatic heterocycles. The summed E-state index contributed by atoms with van der Waals surface area (Å²) in [6, 6.07) is 5.52. The summed E-state index contributed by atoms with van der Waals surface area (Å²) in [5, 5.41) is 14.0. The molecule has 4 aliphatic carbocycles. The number of tetrazole rings is 1. The second kappa shape index (κ2) is 4.69. The molecule has 120 valence electrons. The van der Waals surface area contributed by atoms with Crippen molar-refractivity contribution in [3.63, 3.8) is 0 Å². The van der Waals surface area contributed by atoms with Crippen LogP contribution in [-0.2, 0) is 5.54 Å². The van der Waals surface area contributed by atoms with E-state index in [1.54, 1.807) is 6.07 Å². The molecule has 0 atom stereocenters. The highest BCUT2D eigenvalue weighted by atomic mass is 35.5. The first-order valence-electron chi connectivity index (χ1n) is 8.47. The van der Waals surface area contributed by atoms with Crippen LogP contribution in [0.1, 0.15) is 38.5 Å². The first-order chi connectivity index (χ1) is 11.1. The predicted octanol–water partition coefficient (Wildman–Crippen LogP) is 3.50. The number of nitrogens with zero attached hydrogens (tertiary/aromatic N) is 4. The lowest BCUT2D eigenvalue weighted by atomic mass is 9.53. The van der Waals surface area contributed by atoms with Crippen LogP contribution in [0.15, 0.2) is 18.2 Å². The molecule has 4 fully saturated rings. The number of hydrogen-bond donors (Lipinski definition) is 1. The van der Waals surface area contributed by atoms with Gasteiger partial charge >= 0.3 is 0 Å². The maximum Gasteiger partial charge on any atom is 0.204 e. The number of hydrogen-bond acceptors (Lipinski definition) is 4. The molecule has 1 aromatic carbocycles. The third-order valence-electron chi connectivity index (χ3n) is 6.10. The van der Waals surface area contributed by atoms with Gasteiger partial charge in [0.15, 0.2) is 0 Å². The van der Waals surface area contributed by atoms with Gasteiger partial charge in [-0.05, 0) is 79.7 Å². The highest BCUT2D eigenvalue weighted by Gasteiger charge is 2.53. The van der Waals surface area contributed by atoms with Crippen molar-refractivity contribution in [3.8, 4) is 11.4 Å². The molecule has 23 heavy (non-hydrogen) atoms. The van der Waals surface area contributed by atoms with E-state index in [1.165, 1.54) is 38.5 Å². The second-order valence-corrected chi connectivity index (χ2v) is 8.19. The molecule has 2 aromatic rings. The predicted molar refractivity (Wildman–Crippen MR) is 88.8 cm³/mol. The lowest BCUT2D eigenvalue weighted by Crippen LogP contribution is -2.52. The van der Waals surface area contributed by atoms with Gasteiger partial charge in [-0.15, -0.1) is 10.2 Å². The average molecular weight is 330 g/mol. The summed E-state index contributed by atoms with van der Waals surface area (Å²) in [5.41, 5.74) is 7.34. The number of nitrogens with two attached hydrogens (primary N) is 1. The van der Waals surface area contributed by atoms with Crippen molar-refractivity contribution >= 4 is 17.3 Å². The number of aromatic nitrogens is 4. The van der Waals surface area contributed by atoms with Crippen molar-refractivity contribution < 1.29 is 0 Å². The fourth-order valence-electron chi connectivity index (χ4n) is 5.51. The van der Waals surface area contributed by atoms with Gasteiger partial charge in [0.1, 0.15) is 0 Å². The standard InChI is InChI=1S/C17H20ClN5/c18-14-6-13(1-2-15(14)19)16-20-22-23(21-16)17-7-10-3-11(8-17)5-12(4-10)9-17/h1-2,6,10-12H,3-5,7-9,19H2. The Morgan fingerprint density at radius 3 is 2.35 bits per heavy atom. The normalized spacial score (nSPS) is 34.9. The van der Waals surface area contributed by atoms with Crippen LogP contribution >= 0.6 is 11.6 Å². The van der Waals surface area contributed by atoms with Gasteiger partial charge in [-0.3, -0.25) is 0 Å². The smallest absolute Gasteiger partial charge is 0.204 e. The van der Waals surface area contributed by atoms with Crippen LogP contribution in [0.2, 0.25) is 5.02 Å². The molecule has 4 saturated carbocycles. The Morgan fingerprint density at radius 2 is 1.74 bits per heavy atom. The van der Waals surface area contributed by atoms with Gasteiger partial charge in [-0.1, -0.05) is 11.6 Å². The molecule has 4 bridgehead atoms. The van der Waals surface area contributed by atoms with Gasteiger partial charge in [0, 0.05) is 5.56 Å². The minimum absolute atomic E-state index is 0.109. The summed E-state index contributed by atoms with van der Waals surface area (Å²) in [4.78, 5) is 1.93. The maximum atomic E-state index is 6.12. The molecule has 0 amide bonds. The molecule has 0 unspecified atom stereocenters. The van der Waals surface area contributed by atoms with Crippen LogP contribution in [0.3, 0.4) is 0 Å². The molecule has 6 heteroatoms. The Hall–Kier alpha value is -1.62. The highest BCUT2D eigenvalue weighted by Crippen LogP contribution is 2.58. The van der Waals surface area contributed by atoms with Crippen LogP contribution in [0.5, 0.6) is 0 Å². The van der Waals surface area contributed by atoms with Crippen molar-refractivity contribution in [3.05, 3.63) is 23.2 Å². The molecule has 0 radical (unpaired) electrons. The van der Waals surface area contributed by atoms with E-state index in [2.05, 4.69) is 10.3 Å². The van der Waals surface area contributed by atoms with Gasteiger partial charge in [0.05, 0.1) is 16.2 Å². The van der Waals surface area contributed by atoms with Crippen molar-refractivity contribution in [1.29, 1.82) is 0 Å². The maximum absolute atomic E-state index is 6.12. The molecule has 0 saturated heterocycles. The van der Waals surface area contributed by atoms with E-state index in [-0.39, 0.29) is 5.54 Å². The largest absolute Gasteiger partial charge is 0.398 e. The van der Waals surface area contributed by atoms with E-state index in [4.69, 9.17) is 22.4 Å². The molecular formula is C17H20ClN5. The Bertz CT molecular complexity index is 733. The van der Waals surface area contributed by atoms with E-state index in [0.717, 1.165) is 23.3 Å². The van der Waals surface area contributed by atoms with Gasteiger partial charge < -0.3 is 5.73 Å². The van der Waals surface area contributed by atoms with Crippen LogP contribution in [0.4, 0.5) is 5.69 Å². The van der Waals surface area contributed by atoms with Crippen LogP contribution in [0, 0.1) is 17.8 Å². The van der Waals surface area contributed by atoms with E-state index >= 15 is 0 Å². The zero-order valence-electron chi connectivity index (χ0n) is 13.0. The first-order valence-corrected chi connectivity index (χ1v) is 8.85. The molecule has 1 heterocycles. The molecule has 0 spiro atoms. The SMILES string of the molecule is Nc1ccc(-c2nnn(C34CC5CC(CC(C5)C3)C4)n2)cc1Cl. The van der Waals surface area contributed by atoms with Crippen LogP contribution < -0.4 is 5.73 Å². The van der Waals surface area contributed by atoms with Crippen molar-refractivity contribution in [1.82, 2.24) is 20.2 Å². The third-order valence-corrected chi connectivity index (χ3v) is 6.43. The Balaban J connectivity index is 1.51. The zero-order valence-corrected chi connectivity index (χ0v) is 13.7. The number of nitrogen functional groups attached to an aromatic ring is 1. The topological polar surface area (TPSA) is 69.6 Å². The van der Waals surface area contributed by atoms with Gasteiger partial charge in [-0.25, -0.2) is 0 Å². The number of anilines is 1. The molecular weight excluding hydrogens is 310 g/mol. The minimum atomic E-state index is 0.109. The minimum Gasteiger partial charge on any atom is -0.398 e. The summed E-state index contributed by atoms with van der Waals surface area (Å²) in [6.45, 7) is 0. The Kier molecular flexibility index (Phi) is 2.81. The van der Waals surface area contributed by atoms with Gasteiger partial charge in [0.25, 0.3) is 0 Å². The quantitative estimate of drug-likeness (QED) is 0.856. The van der Waals surface area contributed by atoms with E-state index < -0.39 is 0 Å². The van der Waals surface area contributed by atoms with E-state index in [0.29, 0.717) is 16.5 Å². The summed E-state index contributed by atoms with van der Waals surface area (Å²) >= 11 is 6.12. The summed E-state index contributed by atoms with van der Waals surface area (Å²) < 4.78 is 0. The average Bonchev–Trinajstić information content (AvgIpc) is 2.99. The lowest BCUT2D eigenvalue weighted by Gasteiger charge is -2.55. The number of benzene rings is 1. The van der Waals surface area contributed by atoms with E-state index in [9.17, 15) is 0 Å². The zero-order chi connectivity index (χ0) is 15.6. The number of rotatable bonds is 2. The highest BCUT2D eigenvalue weighted by molar-refractivity contribution is 6.33. The Labute approximate surface area is 140 Å². The lowest BCUT2D eigenvalue weighted by molar-refractivity contribution is -0.0573. The monoisotopic (exact) mass is 329 g/mol. The molecule has 5 nitrogen and oxygen atoms in total. The fourth-order valence-corrected chi connectivity index (χ4v) is 5.69. The van der Waals surface area contributed by atoms with Crippen LogP contribution in [-0.4, -0.2) is 20.2 Å².